The fourth-order valence-electron chi connectivity index (χ4n) is 5.45. The molecule has 0 radical (unpaired) electrons. The summed E-state index contributed by atoms with van der Waals surface area (Å²) in [6, 6.07) is 18.5. The molecule has 1 saturated heterocycles. The van der Waals surface area contributed by atoms with Gasteiger partial charge in [-0.15, -0.1) is 0 Å². The number of imide groups is 1. The molecule has 6 heteroatoms. The Hall–Kier alpha value is -3.15. The van der Waals surface area contributed by atoms with Gasteiger partial charge in [-0.2, -0.15) is 0 Å². The van der Waals surface area contributed by atoms with Gasteiger partial charge >= 0.3 is 6.03 Å². The van der Waals surface area contributed by atoms with Crippen LogP contribution in [0.4, 0.5) is 4.79 Å². The lowest BCUT2D eigenvalue weighted by atomic mass is 9.82. The fourth-order valence-corrected chi connectivity index (χ4v) is 5.45. The smallest absolute Gasteiger partial charge is 0.326 e. The highest BCUT2D eigenvalue weighted by Gasteiger charge is 2.54. The molecule has 2 saturated carbocycles. The molecule has 5 rings (SSSR count). The molecule has 1 heterocycles. The molecular weight excluding hydrogens is 414 g/mol. The van der Waals surface area contributed by atoms with E-state index in [0.717, 1.165) is 43.4 Å². The maximum Gasteiger partial charge on any atom is 0.326 e. The zero-order valence-electron chi connectivity index (χ0n) is 19.1. The molecule has 2 aliphatic carbocycles. The molecule has 1 N–H and O–H groups in total. The summed E-state index contributed by atoms with van der Waals surface area (Å²) in [6.07, 6.45) is 6.26. The summed E-state index contributed by atoms with van der Waals surface area (Å²) in [5.41, 5.74) is 0.0412. The summed E-state index contributed by atoms with van der Waals surface area (Å²) in [7, 11) is 0. The summed E-state index contributed by atoms with van der Waals surface area (Å²) >= 11 is 0. The van der Waals surface area contributed by atoms with Crippen LogP contribution in [-0.2, 0) is 15.1 Å². The van der Waals surface area contributed by atoms with E-state index < -0.39 is 17.5 Å². The number of rotatable bonds is 6. The minimum Gasteiger partial charge on any atom is -0.335 e. The van der Waals surface area contributed by atoms with Crippen molar-refractivity contribution in [2.24, 2.45) is 5.92 Å². The van der Waals surface area contributed by atoms with E-state index in [1.54, 1.807) is 0 Å². The number of hydrogen-bond acceptors (Lipinski definition) is 3. The van der Waals surface area contributed by atoms with Crippen LogP contribution in [0.5, 0.6) is 0 Å². The van der Waals surface area contributed by atoms with Crippen LogP contribution in [0, 0.1) is 5.92 Å². The Bertz CT molecular complexity index is 988. The first-order chi connectivity index (χ1) is 16.0. The van der Waals surface area contributed by atoms with Gasteiger partial charge in [-0.3, -0.25) is 14.5 Å². The summed E-state index contributed by atoms with van der Waals surface area (Å²) in [6.45, 7) is 2.05. The van der Waals surface area contributed by atoms with Gasteiger partial charge in [-0.05, 0) is 55.6 Å². The maximum absolute atomic E-state index is 13.9. The second kappa shape index (κ2) is 8.65. The second-order valence-corrected chi connectivity index (χ2v) is 9.75. The summed E-state index contributed by atoms with van der Waals surface area (Å²) in [5, 5.41) is 2.94. The predicted molar refractivity (Wildman–Crippen MR) is 125 cm³/mol. The largest absolute Gasteiger partial charge is 0.335 e. The average Bonchev–Trinajstić information content (AvgIpc) is 3.64. The van der Waals surface area contributed by atoms with E-state index in [0.29, 0.717) is 17.0 Å². The molecule has 3 aliphatic rings. The van der Waals surface area contributed by atoms with Crippen LogP contribution >= 0.6 is 0 Å². The van der Waals surface area contributed by atoms with E-state index in [2.05, 4.69) is 12.2 Å². The van der Waals surface area contributed by atoms with Crippen molar-refractivity contribution in [3.63, 3.8) is 0 Å². The van der Waals surface area contributed by atoms with Crippen LogP contribution in [0.25, 0.3) is 0 Å². The molecule has 3 fully saturated rings. The molecule has 0 bridgehead atoms. The minimum atomic E-state index is -1.33. The van der Waals surface area contributed by atoms with Crippen molar-refractivity contribution in [1.29, 1.82) is 0 Å². The van der Waals surface area contributed by atoms with Gasteiger partial charge in [0, 0.05) is 12.1 Å². The number of carbonyl (C=O) groups is 3. The predicted octanol–water partition coefficient (Wildman–Crippen LogP) is 4.05. The van der Waals surface area contributed by atoms with Crippen molar-refractivity contribution in [2.45, 2.75) is 63.1 Å². The normalized spacial score (nSPS) is 24.5. The summed E-state index contributed by atoms with van der Waals surface area (Å²) < 4.78 is 0. The van der Waals surface area contributed by atoms with Gasteiger partial charge in [-0.1, -0.05) is 67.6 Å². The molecule has 4 amide bonds. The van der Waals surface area contributed by atoms with E-state index in [1.165, 1.54) is 0 Å². The van der Waals surface area contributed by atoms with E-state index in [1.807, 2.05) is 65.6 Å². The Labute approximate surface area is 194 Å². The van der Waals surface area contributed by atoms with E-state index >= 15 is 0 Å². The highest BCUT2D eigenvalue weighted by molar-refractivity contribution is 6.11. The topological polar surface area (TPSA) is 69.7 Å². The fraction of sp³-hybridized carbons (Fsp3) is 0.444. The Kier molecular flexibility index (Phi) is 5.69. The third kappa shape index (κ3) is 3.92. The first-order valence-corrected chi connectivity index (χ1v) is 12.1. The zero-order chi connectivity index (χ0) is 23.0. The monoisotopic (exact) mass is 445 g/mol. The second-order valence-electron chi connectivity index (χ2n) is 9.75. The van der Waals surface area contributed by atoms with Crippen LogP contribution in [0.1, 0.15) is 56.6 Å². The number of amides is 4. The van der Waals surface area contributed by atoms with E-state index in [-0.39, 0.29) is 24.5 Å². The summed E-state index contributed by atoms with van der Waals surface area (Å²) in [4.78, 5) is 43.6. The molecule has 2 aromatic carbocycles. The van der Waals surface area contributed by atoms with Crippen molar-refractivity contribution in [3.8, 4) is 0 Å². The molecule has 2 aromatic rings. The van der Waals surface area contributed by atoms with Crippen LogP contribution in [0.3, 0.4) is 0 Å². The van der Waals surface area contributed by atoms with Gasteiger partial charge in [-0.25, -0.2) is 4.79 Å². The molecule has 1 aliphatic heterocycles. The molecule has 33 heavy (non-hydrogen) atoms. The highest BCUT2D eigenvalue weighted by Crippen LogP contribution is 2.38. The van der Waals surface area contributed by atoms with Crippen molar-refractivity contribution >= 4 is 17.8 Å². The molecule has 0 unspecified atom stereocenters. The van der Waals surface area contributed by atoms with Gasteiger partial charge in [0.05, 0.1) is 0 Å². The van der Waals surface area contributed by atoms with E-state index in [4.69, 9.17) is 0 Å². The molecule has 0 aromatic heterocycles. The highest BCUT2D eigenvalue weighted by atomic mass is 16.2. The number of nitrogens with zero attached hydrogens (tertiary/aromatic N) is 2. The first-order valence-electron chi connectivity index (χ1n) is 12.1. The van der Waals surface area contributed by atoms with Gasteiger partial charge in [0.1, 0.15) is 6.54 Å². The number of nitrogens with one attached hydrogen (secondary N) is 1. The molecule has 0 atom stereocenters. The van der Waals surface area contributed by atoms with Crippen LogP contribution in [0.15, 0.2) is 60.7 Å². The van der Waals surface area contributed by atoms with Crippen molar-refractivity contribution in [2.75, 3.05) is 6.54 Å². The van der Waals surface area contributed by atoms with Crippen LogP contribution in [-0.4, -0.2) is 46.3 Å². The Morgan fingerprint density at radius 2 is 1.36 bits per heavy atom. The van der Waals surface area contributed by atoms with Gasteiger partial charge in [0.2, 0.25) is 5.91 Å². The minimum absolute atomic E-state index is 0.113. The third-order valence-electron chi connectivity index (χ3n) is 7.42. The molecular formula is C27H31N3O3. The van der Waals surface area contributed by atoms with Crippen molar-refractivity contribution < 1.29 is 14.4 Å². The molecule has 0 spiro atoms. The number of urea groups is 1. The Morgan fingerprint density at radius 3 is 1.85 bits per heavy atom. The van der Waals surface area contributed by atoms with Crippen LogP contribution in [0.2, 0.25) is 0 Å². The van der Waals surface area contributed by atoms with Crippen LogP contribution < -0.4 is 5.32 Å². The van der Waals surface area contributed by atoms with Gasteiger partial charge in [0.15, 0.2) is 5.54 Å². The summed E-state index contributed by atoms with van der Waals surface area (Å²) in [5.74, 6) is 0.185. The SMILES string of the molecule is CC1CCC(N(C(=O)CN2C(=O)NC(c3ccccc3)(c3ccccc3)C2=O)C2CC2)CC1. The standard InChI is InChI=1S/C27H31N3O3/c1-19-12-14-22(15-13-19)30(23-16-17-23)24(31)18-29-25(32)27(28-26(29)33,20-8-4-2-5-9-20)21-10-6-3-7-11-21/h2-11,19,22-23H,12-18H2,1H3,(H,28,33). The van der Waals surface area contributed by atoms with E-state index in [9.17, 15) is 14.4 Å². The quantitative estimate of drug-likeness (QED) is 0.682. The first kappa shape index (κ1) is 21.7. The lowest BCUT2D eigenvalue weighted by Gasteiger charge is -2.37. The zero-order valence-corrected chi connectivity index (χ0v) is 19.1. The third-order valence-corrected chi connectivity index (χ3v) is 7.42. The molecule has 172 valence electrons. The van der Waals surface area contributed by atoms with Crippen molar-refractivity contribution in [3.05, 3.63) is 71.8 Å². The Balaban J connectivity index is 1.43. The number of benzene rings is 2. The van der Waals surface area contributed by atoms with Gasteiger partial charge < -0.3 is 10.2 Å². The Morgan fingerprint density at radius 1 is 0.879 bits per heavy atom. The molecule has 6 nitrogen and oxygen atoms in total. The average molecular weight is 446 g/mol. The van der Waals surface area contributed by atoms with Gasteiger partial charge in [0.25, 0.3) is 5.91 Å². The maximum atomic E-state index is 13.9. The van der Waals surface area contributed by atoms with Crippen molar-refractivity contribution in [1.82, 2.24) is 15.1 Å². The lowest BCUT2D eigenvalue weighted by molar-refractivity contribution is -0.141. The lowest BCUT2D eigenvalue weighted by Crippen LogP contribution is -2.50. The number of carbonyl (C=O) groups excluding carboxylic acids is 3. The number of hydrogen-bond donors (Lipinski definition) is 1.